The maximum absolute atomic E-state index is 13.2. The average molecular weight is 440 g/mol. The van der Waals surface area contributed by atoms with E-state index in [9.17, 15) is 9.18 Å². The summed E-state index contributed by atoms with van der Waals surface area (Å²) in [6.45, 7) is 11.2. The topological polar surface area (TPSA) is 52.6 Å². The molecule has 1 atom stereocenters. The molecule has 32 heavy (non-hydrogen) atoms. The summed E-state index contributed by atoms with van der Waals surface area (Å²) in [5.41, 5.74) is 2.15. The summed E-state index contributed by atoms with van der Waals surface area (Å²) in [6, 6.07) is 8.56. The Hall–Kier alpha value is -2.54. The van der Waals surface area contributed by atoms with Gasteiger partial charge in [-0.05, 0) is 50.1 Å². The fraction of sp³-hybridized carbons (Fsp3) is 0.560. The molecule has 2 aliphatic rings. The standard InChI is InChI=1S/C25H34FN5O/c1-18(2)24-27-11-8-23(28-24)20-9-12-31(13-10-20)25(32)19(3)29-14-16-30(17-15-29)22-6-4-21(26)5-7-22/h4-8,11,18-20H,9-10,12-17H2,1-3H3/t19-/m0/s1. The summed E-state index contributed by atoms with van der Waals surface area (Å²) in [4.78, 5) is 28.9. The molecule has 0 radical (unpaired) electrons. The first-order valence-electron chi connectivity index (χ1n) is 11.8. The van der Waals surface area contributed by atoms with Gasteiger partial charge in [-0.2, -0.15) is 0 Å². The van der Waals surface area contributed by atoms with Gasteiger partial charge in [0.05, 0.1) is 6.04 Å². The molecule has 3 heterocycles. The van der Waals surface area contributed by atoms with Crippen molar-refractivity contribution < 1.29 is 9.18 Å². The third-order valence-corrected chi connectivity index (χ3v) is 6.85. The van der Waals surface area contributed by atoms with E-state index in [1.54, 1.807) is 0 Å². The molecule has 4 rings (SSSR count). The summed E-state index contributed by atoms with van der Waals surface area (Å²) in [5.74, 6) is 1.63. The number of rotatable bonds is 5. The van der Waals surface area contributed by atoms with Crippen molar-refractivity contribution in [3.05, 3.63) is 53.9 Å². The number of hydrogen-bond acceptors (Lipinski definition) is 5. The number of likely N-dealkylation sites (tertiary alicyclic amines) is 1. The molecule has 1 aromatic carbocycles. The minimum atomic E-state index is -0.213. The zero-order valence-corrected chi connectivity index (χ0v) is 19.4. The highest BCUT2D eigenvalue weighted by molar-refractivity contribution is 5.81. The van der Waals surface area contributed by atoms with Gasteiger partial charge in [0.1, 0.15) is 11.6 Å². The Kier molecular flexibility index (Phi) is 7.04. The molecule has 2 saturated heterocycles. The molecule has 0 saturated carbocycles. The SMILES string of the molecule is CC(C)c1nccc(C2CCN(C(=O)[C@H](C)N3CCN(c4ccc(F)cc4)CC3)CC2)n1. The zero-order chi connectivity index (χ0) is 22.7. The van der Waals surface area contributed by atoms with Gasteiger partial charge in [-0.1, -0.05) is 13.8 Å². The van der Waals surface area contributed by atoms with Gasteiger partial charge in [0, 0.05) is 68.7 Å². The monoisotopic (exact) mass is 439 g/mol. The van der Waals surface area contributed by atoms with Gasteiger partial charge in [0.15, 0.2) is 0 Å². The molecule has 0 spiro atoms. The number of piperidine rings is 1. The molecule has 7 heteroatoms. The van der Waals surface area contributed by atoms with E-state index in [2.05, 4.69) is 28.6 Å². The van der Waals surface area contributed by atoms with Gasteiger partial charge in [0.2, 0.25) is 5.91 Å². The highest BCUT2D eigenvalue weighted by atomic mass is 19.1. The van der Waals surface area contributed by atoms with Gasteiger partial charge >= 0.3 is 0 Å². The highest BCUT2D eigenvalue weighted by Crippen LogP contribution is 2.28. The number of halogens is 1. The van der Waals surface area contributed by atoms with Crippen molar-refractivity contribution in [3.63, 3.8) is 0 Å². The summed E-state index contributed by atoms with van der Waals surface area (Å²) in [5, 5.41) is 0. The van der Waals surface area contributed by atoms with Crippen molar-refractivity contribution in [2.24, 2.45) is 0 Å². The Bertz CT molecular complexity index is 903. The lowest BCUT2D eigenvalue weighted by Crippen LogP contribution is -2.55. The summed E-state index contributed by atoms with van der Waals surface area (Å²) < 4.78 is 13.2. The van der Waals surface area contributed by atoms with Crippen LogP contribution in [0.25, 0.3) is 0 Å². The lowest BCUT2D eigenvalue weighted by atomic mass is 9.92. The number of carbonyl (C=O) groups excluding carboxylic acids is 1. The smallest absolute Gasteiger partial charge is 0.239 e. The number of anilines is 1. The fourth-order valence-corrected chi connectivity index (χ4v) is 4.73. The number of benzene rings is 1. The van der Waals surface area contributed by atoms with E-state index in [1.807, 2.05) is 36.2 Å². The quantitative estimate of drug-likeness (QED) is 0.712. The number of nitrogens with zero attached hydrogens (tertiary/aromatic N) is 5. The molecular weight excluding hydrogens is 405 g/mol. The molecule has 2 fully saturated rings. The molecule has 172 valence electrons. The number of amides is 1. The lowest BCUT2D eigenvalue weighted by Gasteiger charge is -2.41. The Balaban J connectivity index is 1.28. The second-order valence-electron chi connectivity index (χ2n) is 9.27. The van der Waals surface area contributed by atoms with Crippen LogP contribution in [-0.4, -0.2) is 71.0 Å². The summed E-state index contributed by atoms with van der Waals surface area (Å²) in [6.07, 6.45) is 3.76. The van der Waals surface area contributed by atoms with E-state index in [-0.39, 0.29) is 17.8 Å². The Morgan fingerprint density at radius 2 is 1.62 bits per heavy atom. The van der Waals surface area contributed by atoms with Crippen LogP contribution in [0.2, 0.25) is 0 Å². The van der Waals surface area contributed by atoms with E-state index in [0.717, 1.165) is 69.3 Å². The molecule has 0 bridgehead atoms. The van der Waals surface area contributed by atoms with Gasteiger partial charge in [-0.3, -0.25) is 9.69 Å². The molecule has 2 aliphatic heterocycles. The van der Waals surface area contributed by atoms with Crippen LogP contribution in [0.4, 0.5) is 10.1 Å². The van der Waals surface area contributed by atoms with Crippen molar-refractivity contribution in [1.29, 1.82) is 0 Å². The maximum atomic E-state index is 13.2. The Labute approximate surface area is 190 Å². The molecule has 1 aromatic heterocycles. The van der Waals surface area contributed by atoms with Crippen LogP contribution in [0.5, 0.6) is 0 Å². The lowest BCUT2D eigenvalue weighted by molar-refractivity contribution is -0.137. The van der Waals surface area contributed by atoms with Crippen molar-refractivity contribution in [3.8, 4) is 0 Å². The first-order valence-corrected chi connectivity index (χ1v) is 11.8. The number of hydrogen-bond donors (Lipinski definition) is 0. The van der Waals surface area contributed by atoms with Crippen LogP contribution in [-0.2, 0) is 4.79 Å². The van der Waals surface area contributed by atoms with E-state index >= 15 is 0 Å². The van der Waals surface area contributed by atoms with Crippen LogP contribution < -0.4 is 4.90 Å². The molecule has 6 nitrogen and oxygen atoms in total. The van der Waals surface area contributed by atoms with Gasteiger partial charge < -0.3 is 9.80 Å². The highest BCUT2D eigenvalue weighted by Gasteiger charge is 2.31. The average Bonchev–Trinajstić information content (AvgIpc) is 2.84. The Morgan fingerprint density at radius 3 is 2.25 bits per heavy atom. The summed E-state index contributed by atoms with van der Waals surface area (Å²) in [7, 11) is 0. The normalized spacial score (nSPS) is 19.4. The second kappa shape index (κ2) is 9.94. The molecular formula is C25H34FN5O. The predicted molar refractivity (Wildman–Crippen MR) is 124 cm³/mol. The van der Waals surface area contributed by atoms with Crippen molar-refractivity contribution >= 4 is 11.6 Å². The first-order chi connectivity index (χ1) is 15.4. The van der Waals surface area contributed by atoms with Gasteiger partial charge in [-0.15, -0.1) is 0 Å². The zero-order valence-electron chi connectivity index (χ0n) is 19.4. The van der Waals surface area contributed by atoms with Gasteiger partial charge in [-0.25, -0.2) is 14.4 Å². The fourth-order valence-electron chi connectivity index (χ4n) is 4.73. The molecule has 0 N–H and O–H groups in total. The third-order valence-electron chi connectivity index (χ3n) is 6.85. The third kappa shape index (κ3) is 5.09. The van der Waals surface area contributed by atoms with Crippen LogP contribution >= 0.6 is 0 Å². The largest absolute Gasteiger partial charge is 0.369 e. The van der Waals surface area contributed by atoms with E-state index in [4.69, 9.17) is 4.98 Å². The minimum absolute atomic E-state index is 0.117. The van der Waals surface area contributed by atoms with Crippen molar-refractivity contribution in [1.82, 2.24) is 19.8 Å². The maximum Gasteiger partial charge on any atom is 0.239 e. The molecule has 0 aliphatic carbocycles. The predicted octanol–water partition coefficient (Wildman–Crippen LogP) is 3.66. The number of aromatic nitrogens is 2. The molecule has 1 amide bonds. The van der Waals surface area contributed by atoms with E-state index in [1.165, 1.54) is 12.1 Å². The van der Waals surface area contributed by atoms with Crippen LogP contribution in [0.15, 0.2) is 36.5 Å². The minimum Gasteiger partial charge on any atom is -0.369 e. The van der Waals surface area contributed by atoms with Gasteiger partial charge in [0.25, 0.3) is 0 Å². The first kappa shape index (κ1) is 22.6. The van der Waals surface area contributed by atoms with Crippen LogP contribution in [0.3, 0.4) is 0 Å². The number of carbonyl (C=O) groups is 1. The molecule has 0 unspecified atom stereocenters. The van der Waals surface area contributed by atoms with Crippen LogP contribution in [0.1, 0.15) is 57.0 Å². The van der Waals surface area contributed by atoms with E-state index < -0.39 is 0 Å². The van der Waals surface area contributed by atoms with E-state index in [0.29, 0.717) is 11.8 Å². The summed E-state index contributed by atoms with van der Waals surface area (Å²) >= 11 is 0. The Morgan fingerprint density at radius 1 is 0.969 bits per heavy atom. The molecule has 2 aromatic rings. The second-order valence-corrected chi connectivity index (χ2v) is 9.27. The van der Waals surface area contributed by atoms with Crippen molar-refractivity contribution in [2.45, 2.75) is 51.5 Å². The number of piperazine rings is 1. The van der Waals surface area contributed by atoms with Crippen molar-refractivity contribution in [2.75, 3.05) is 44.2 Å². The van der Waals surface area contributed by atoms with Crippen LogP contribution in [0, 0.1) is 5.82 Å².